The molecule has 23 heavy (non-hydrogen) atoms. The van der Waals surface area contributed by atoms with E-state index in [4.69, 9.17) is 0 Å². The molecule has 0 saturated carbocycles. The van der Waals surface area contributed by atoms with E-state index in [-0.39, 0.29) is 5.69 Å². The molecule has 3 aromatic rings. The van der Waals surface area contributed by atoms with E-state index in [0.29, 0.717) is 22.7 Å². The minimum absolute atomic E-state index is 0.116. The van der Waals surface area contributed by atoms with Crippen LogP contribution in [0.1, 0.15) is 21.7 Å². The van der Waals surface area contributed by atoms with Crippen LogP contribution in [0.5, 0.6) is 0 Å². The van der Waals surface area contributed by atoms with Gasteiger partial charge in [-0.15, -0.1) is 0 Å². The van der Waals surface area contributed by atoms with Crippen LogP contribution in [0.2, 0.25) is 0 Å². The molecule has 1 heterocycles. The second kappa shape index (κ2) is 6.36. The van der Waals surface area contributed by atoms with E-state index in [2.05, 4.69) is 5.32 Å². The van der Waals surface area contributed by atoms with Gasteiger partial charge in [0.05, 0.1) is 0 Å². The Kier molecular flexibility index (Phi) is 4.10. The van der Waals surface area contributed by atoms with Gasteiger partial charge in [0.1, 0.15) is 6.54 Å². The summed E-state index contributed by atoms with van der Waals surface area (Å²) in [5.41, 5.74) is 2.48. The van der Waals surface area contributed by atoms with Crippen LogP contribution in [0.3, 0.4) is 0 Å². The Labute approximate surface area is 134 Å². The van der Waals surface area contributed by atoms with Crippen LogP contribution in [0, 0.1) is 12.1 Å². The third-order valence-corrected chi connectivity index (χ3v) is 3.68. The number of hydrogen-bond donors (Lipinski definition) is 1. The number of benzene rings is 2. The molecule has 116 valence electrons. The highest BCUT2D eigenvalue weighted by molar-refractivity contribution is 6.02. The average molecular weight is 307 g/mol. The molecule has 0 radical (unpaired) electrons. The molecule has 2 aromatic carbocycles. The number of nitrogens with one attached hydrogen (secondary N) is 1. The normalized spacial score (nSPS) is 10.5. The first kappa shape index (κ1) is 14.8. The van der Waals surface area contributed by atoms with Crippen molar-refractivity contribution in [1.29, 1.82) is 0 Å². The van der Waals surface area contributed by atoms with Gasteiger partial charge in [0, 0.05) is 12.6 Å². The van der Waals surface area contributed by atoms with Crippen LogP contribution in [-0.4, -0.2) is 10.5 Å². The van der Waals surface area contributed by atoms with E-state index in [0.717, 1.165) is 5.56 Å². The molecule has 0 saturated heterocycles. The molecule has 5 heteroatoms. The zero-order valence-electron chi connectivity index (χ0n) is 12.8. The second-order valence-corrected chi connectivity index (χ2v) is 5.31. The molecule has 5 nitrogen and oxygen atoms in total. The van der Waals surface area contributed by atoms with Crippen molar-refractivity contribution < 1.29 is 9.52 Å². The SMILES string of the molecule is Cc1c(C(=O)Nc2ccccc2)[n+]([O-])cn1Cc1ccccc1. The quantitative estimate of drug-likeness (QED) is 0.595. The summed E-state index contributed by atoms with van der Waals surface area (Å²) in [7, 11) is 0. The third kappa shape index (κ3) is 3.23. The molecule has 0 aliphatic rings. The highest BCUT2D eigenvalue weighted by Gasteiger charge is 2.23. The zero-order valence-corrected chi connectivity index (χ0v) is 12.8. The summed E-state index contributed by atoms with van der Waals surface area (Å²) in [5.74, 6) is -0.407. The van der Waals surface area contributed by atoms with Gasteiger partial charge in [-0.2, -0.15) is 0 Å². The van der Waals surface area contributed by atoms with Crippen LogP contribution in [0.25, 0.3) is 0 Å². The standard InChI is InChI=1S/C18H17N3O2/c1-14-17(18(22)19-16-10-6-3-7-11-16)21(23)13-20(14)12-15-8-4-2-5-9-15/h2-11,13H,12H2,1H3,(H,19,22). The monoisotopic (exact) mass is 307 g/mol. The van der Waals surface area contributed by atoms with E-state index in [1.807, 2.05) is 48.5 Å². The number of hydrogen-bond acceptors (Lipinski definition) is 2. The Morgan fingerprint density at radius 3 is 2.35 bits per heavy atom. The number of para-hydroxylation sites is 1. The highest BCUT2D eigenvalue weighted by Crippen LogP contribution is 2.12. The van der Waals surface area contributed by atoms with Crippen LogP contribution in [-0.2, 0) is 6.54 Å². The molecular formula is C18H17N3O2. The zero-order chi connectivity index (χ0) is 16.2. The molecule has 0 bridgehead atoms. The Morgan fingerprint density at radius 2 is 1.70 bits per heavy atom. The first-order valence-corrected chi connectivity index (χ1v) is 7.34. The molecule has 0 aliphatic carbocycles. The van der Waals surface area contributed by atoms with Gasteiger partial charge in [0.2, 0.25) is 12.0 Å². The van der Waals surface area contributed by atoms with Crippen LogP contribution < -0.4 is 10.0 Å². The molecule has 0 fully saturated rings. The van der Waals surface area contributed by atoms with Gasteiger partial charge in [-0.05, 0) is 17.7 Å². The fraction of sp³-hybridized carbons (Fsp3) is 0.111. The molecule has 3 rings (SSSR count). The van der Waals surface area contributed by atoms with Gasteiger partial charge < -0.3 is 10.5 Å². The summed E-state index contributed by atoms with van der Waals surface area (Å²) in [6.45, 7) is 2.32. The Hall–Kier alpha value is -3.08. The third-order valence-electron chi connectivity index (χ3n) is 3.68. The van der Waals surface area contributed by atoms with Crippen molar-refractivity contribution in [2.45, 2.75) is 13.5 Å². The first-order valence-electron chi connectivity index (χ1n) is 7.34. The predicted octanol–water partition coefficient (Wildman–Crippen LogP) is 2.73. The van der Waals surface area contributed by atoms with Crippen molar-refractivity contribution in [1.82, 2.24) is 4.57 Å². The number of nitrogens with zero attached hydrogens (tertiary/aromatic N) is 2. The van der Waals surface area contributed by atoms with Gasteiger partial charge in [-0.1, -0.05) is 48.5 Å². The molecule has 0 spiro atoms. The van der Waals surface area contributed by atoms with Gasteiger partial charge in [-0.25, -0.2) is 9.30 Å². The second-order valence-electron chi connectivity index (χ2n) is 5.31. The molecular weight excluding hydrogens is 290 g/mol. The van der Waals surface area contributed by atoms with Crippen LogP contribution in [0.15, 0.2) is 67.0 Å². The average Bonchev–Trinajstić information content (AvgIpc) is 2.83. The lowest BCUT2D eigenvalue weighted by Crippen LogP contribution is -2.34. The molecule has 1 amide bonds. The number of carbonyl (C=O) groups is 1. The Bertz CT molecular complexity index is 811. The van der Waals surface area contributed by atoms with Gasteiger partial charge in [0.15, 0.2) is 5.69 Å². The number of carbonyl (C=O) groups excluding carboxylic acids is 1. The van der Waals surface area contributed by atoms with E-state index in [9.17, 15) is 10.0 Å². The lowest BCUT2D eigenvalue weighted by atomic mass is 10.2. The fourth-order valence-electron chi connectivity index (χ4n) is 2.48. The molecule has 0 atom stereocenters. The molecule has 0 aliphatic heterocycles. The maximum Gasteiger partial charge on any atom is 0.300 e. The minimum atomic E-state index is -0.407. The maximum absolute atomic E-state index is 12.4. The number of rotatable bonds is 4. The Balaban J connectivity index is 1.84. The van der Waals surface area contributed by atoms with Crippen molar-refractivity contribution in [3.63, 3.8) is 0 Å². The van der Waals surface area contributed by atoms with Crippen molar-refractivity contribution in [3.8, 4) is 0 Å². The Morgan fingerprint density at radius 1 is 1.09 bits per heavy atom. The highest BCUT2D eigenvalue weighted by atomic mass is 16.5. The summed E-state index contributed by atoms with van der Waals surface area (Å²) in [4.78, 5) is 12.4. The lowest BCUT2D eigenvalue weighted by molar-refractivity contribution is -0.607. The van der Waals surface area contributed by atoms with E-state index < -0.39 is 5.91 Å². The van der Waals surface area contributed by atoms with Crippen LogP contribution >= 0.6 is 0 Å². The largest absolute Gasteiger partial charge is 0.710 e. The van der Waals surface area contributed by atoms with Gasteiger partial charge in [-0.3, -0.25) is 4.79 Å². The van der Waals surface area contributed by atoms with Crippen molar-refractivity contribution in [3.05, 3.63) is 89.1 Å². The predicted molar refractivity (Wildman–Crippen MR) is 88.1 cm³/mol. The summed E-state index contributed by atoms with van der Waals surface area (Å²) in [5, 5.41) is 14.9. The number of amides is 1. The summed E-state index contributed by atoms with van der Waals surface area (Å²) in [6, 6.07) is 18.9. The fourth-order valence-corrected chi connectivity index (χ4v) is 2.48. The topological polar surface area (TPSA) is 61.0 Å². The smallest absolute Gasteiger partial charge is 0.300 e. The minimum Gasteiger partial charge on any atom is -0.710 e. The van der Waals surface area contributed by atoms with Gasteiger partial charge in [0.25, 0.3) is 5.91 Å². The van der Waals surface area contributed by atoms with E-state index in [1.54, 1.807) is 23.6 Å². The summed E-state index contributed by atoms with van der Waals surface area (Å²) >= 11 is 0. The number of anilines is 1. The molecule has 1 aromatic heterocycles. The first-order chi connectivity index (χ1) is 11.1. The van der Waals surface area contributed by atoms with E-state index in [1.165, 1.54) is 6.33 Å². The molecule has 0 unspecified atom stereocenters. The number of aromatic nitrogens is 2. The molecule has 1 N–H and O–H groups in total. The lowest BCUT2D eigenvalue weighted by Gasteiger charge is -2.05. The maximum atomic E-state index is 12.4. The van der Waals surface area contributed by atoms with Crippen molar-refractivity contribution in [2.24, 2.45) is 0 Å². The van der Waals surface area contributed by atoms with Gasteiger partial charge >= 0.3 is 0 Å². The summed E-state index contributed by atoms with van der Waals surface area (Å²) in [6.07, 6.45) is 1.40. The van der Waals surface area contributed by atoms with Crippen molar-refractivity contribution in [2.75, 3.05) is 5.32 Å². The van der Waals surface area contributed by atoms with Crippen LogP contribution in [0.4, 0.5) is 5.69 Å². The van der Waals surface area contributed by atoms with E-state index >= 15 is 0 Å². The van der Waals surface area contributed by atoms with Crippen molar-refractivity contribution >= 4 is 11.6 Å². The number of imidazole rings is 1. The summed E-state index contributed by atoms with van der Waals surface area (Å²) < 4.78 is 2.40.